The first-order chi connectivity index (χ1) is 7.25. The van der Waals surface area contributed by atoms with Crippen molar-refractivity contribution in [1.29, 1.82) is 0 Å². The highest BCUT2D eigenvalue weighted by Gasteiger charge is 2.27. The molecule has 4 heteroatoms. The summed E-state index contributed by atoms with van der Waals surface area (Å²) in [4.78, 5) is 14.0. The molecule has 2 saturated heterocycles. The van der Waals surface area contributed by atoms with E-state index in [1.807, 2.05) is 0 Å². The van der Waals surface area contributed by atoms with Gasteiger partial charge in [0.2, 0.25) is 0 Å². The van der Waals surface area contributed by atoms with Crippen molar-refractivity contribution in [3.8, 4) is 0 Å². The minimum Gasteiger partial charge on any atom is -0.462 e. The number of carbonyl (C=O) groups excluding carboxylic acids is 1. The van der Waals surface area contributed by atoms with Crippen LogP contribution in [-0.2, 0) is 9.53 Å². The number of likely N-dealkylation sites (tertiary alicyclic amines) is 1. The third-order valence-electron chi connectivity index (χ3n) is 3.34. The minimum absolute atomic E-state index is 0.00885. The first kappa shape index (κ1) is 10.9. The summed E-state index contributed by atoms with van der Waals surface area (Å²) in [5.41, 5.74) is 0. The third kappa shape index (κ3) is 2.92. The van der Waals surface area contributed by atoms with Crippen molar-refractivity contribution < 1.29 is 9.53 Å². The van der Waals surface area contributed by atoms with Gasteiger partial charge >= 0.3 is 5.97 Å². The van der Waals surface area contributed by atoms with E-state index in [0.717, 1.165) is 45.4 Å². The number of rotatable bonds is 2. The zero-order chi connectivity index (χ0) is 10.7. The first-order valence-corrected chi connectivity index (χ1v) is 5.85. The van der Waals surface area contributed by atoms with Gasteiger partial charge in [-0.05, 0) is 32.9 Å². The number of ether oxygens (including phenoxy) is 1. The molecule has 86 valence electrons. The second-order valence-electron chi connectivity index (χ2n) is 4.63. The molecule has 15 heavy (non-hydrogen) atoms. The molecule has 1 unspecified atom stereocenters. The molecule has 2 fully saturated rings. The molecule has 0 saturated carbocycles. The molecule has 0 aromatic heterocycles. The maximum absolute atomic E-state index is 11.7. The lowest BCUT2D eigenvalue weighted by atomic mass is 10.1. The Morgan fingerprint density at radius 2 is 2.07 bits per heavy atom. The van der Waals surface area contributed by atoms with Gasteiger partial charge in [0.25, 0.3) is 0 Å². The molecule has 4 nitrogen and oxygen atoms in total. The van der Waals surface area contributed by atoms with Crippen LogP contribution >= 0.6 is 0 Å². The van der Waals surface area contributed by atoms with Crippen molar-refractivity contribution in [2.24, 2.45) is 5.92 Å². The van der Waals surface area contributed by atoms with Crippen LogP contribution in [-0.4, -0.2) is 50.2 Å². The van der Waals surface area contributed by atoms with Crippen LogP contribution in [0.1, 0.15) is 19.3 Å². The van der Waals surface area contributed by atoms with E-state index in [1.54, 1.807) is 0 Å². The van der Waals surface area contributed by atoms with E-state index in [-0.39, 0.29) is 18.0 Å². The van der Waals surface area contributed by atoms with E-state index in [4.69, 9.17) is 4.74 Å². The summed E-state index contributed by atoms with van der Waals surface area (Å²) in [6.07, 6.45) is 3.07. The van der Waals surface area contributed by atoms with Gasteiger partial charge in [-0.2, -0.15) is 0 Å². The Kier molecular flexibility index (Phi) is 3.59. The van der Waals surface area contributed by atoms with Crippen LogP contribution < -0.4 is 5.32 Å². The predicted molar refractivity (Wildman–Crippen MR) is 57.6 cm³/mol. The van der Waals surface area contributed by atoms with Crippen LogP contribution in [0.4, 0.5) is 0 Å². The topological polar surface area (TPSA) is 41.6 Å². The maximum atomic E-state index is 11.7. The molecular weight excluding hydrogens is 192 g/mol. The monoisotopic (exact) mass is 212 g/mol. The van der Waals surface area contributed by atoms with Gasteiger partial charge in [-0.15, -0.1) is 0 Å². The normalized spacial score (nSPS) is 29.3. The van der Waals surface area contributed by atoms with Gasteiger partial charge in [0, 0.05) is 19.6 Å². The Balaban J connectivity index is 1.74. The van der Waals surface area contributed by atoms with E-state index in [2.05, 4.69) is 17.3 Å². The summed E-state index contributed by atoms with van der Waals surface area (Å²) >= 11 is 0. The van der Waals surface area contributed by atoms with Crippen molar-refractivity contribution in [3.05, 3.63) is 0 Å². The Morgan fingerprint density at radius 3 is 2.67 bits per heavy atom. The molecule has 0 aromatic rings. The summed E-state index contributed by atoms with van der Waals surface area (Å²) in [7, 11) is 2.11. The van der Waals surface area contributed by atoms with E-state index in [0.29, 0.717) is 0 Å². The molecule has 0 aromatic carbocycles. The summed E-state index contributed by atoms with van der Waals surface area (Å²) in [5.74, 6) is 0.110. The Hall–Kier alpha value is -0.610. The van der Waals surface area contributed by atoms with Crippen molar-refractivity contribution in [1.82, 2.24) is 10.2 Å². The fourth-order valence-electron chi connectivity index (χ4n) is 2.22. The van der Waals surface area contributed by atoms with Gasteiger partial charge in [0.15, 0.2) is 0 Å². The molecule has 0 amide bonds. The number of hydrogen-bond acceptors (Lipinski definition) is 4. The van der Waals surface area contributed by atoms with E-state index in [9.17, 15) is 4.79 Å². The summed E-state index contributed by atoms with van der Waals surface area (Å²) < 4.78 is 5.52. The molecule has 0 radical (unpaired) electrons. The van der Waals surface area contributed by atoms with Crippen LogP contribution in [0.2, 0.25) is 0 Å². The second kappa shape index (κ2) is 4.94. The van der Waals surface area contributed by atoms with E-state index in [1.165, 1.54) is 0 Å². The molecule has 2 heterocycles. The maximum Gasteiger partial charge on any atom is 0.310 e. The smallest absolute Gasteiger partial charge is 0.310 e. The molecule has 1 N–H and O–H groups in total. The Morgan fingerprint density at radius 1 is 1.33 bits per heavy atom. The van der Waals surface area contributed by atoms with Crippen LogP contribution in [0.25, 0.3) is 0 Å². The van der Waals surface area contributed by atoms with Gasteiger partial charge < -0.3 is 15.0 Å². The third-order valence-corrected chi connectivity index (χ3v) is 3.34. The van der Waals surface area contributed by atoms with Crippen molar-refractivity contribution in [2.75, 3.05) is 33.2 Å². The summed E-state index contributed by atoms with van der Waals surface area (Å²) in [6, 6.07) is 0. The fourth-order valence-corrected chi connectivity index (χ4v) is 2.22. The minimum atomic E-state index is 0.00885. The second-order valence-corrected chi connectivity index (χ2v) is 4.63. The van der Waals surface area contributed by atoms with Crippen molar-refractivity contribution in [3.63, 3.8) is 0 Å². The lowest BCUT2D eigenvalue weighted by Gasteiger charge is -2.29. The fraction of sp³-hybridized carbons (Fsp3) is 0.909. The summed E-state index contributed by atoms with van der Waals surface area (Å²) in [5, 5.41) is 3.19. The first-order valence-electron chi connectivity index (χ1n) is 5.85. The average Bonchev–Trinajstić information content (AvgIpc) is 2.74. The largest absolute Gasteiger partial charge is 0.462 e. The highest BCUT2D eigenvalue weighted by Crippen LogP contribution is 2.16. The van der Waals surface area contributed by atoms with Gasteiger partial charge in [-0.3, -0.25) is 4.79 Å². The molecular formula is C11H20N2O2. The van der Waals surface area contributed by atoms with Crippen LogP contribution in [0.15, 0.2) is 0 Å². The zero-order valence-electron chi connectivity index (χ0n) is 9.37. The molecule has 2 rings (SSSR count). The number of hydrogen-bond donors (Lipinski definition) is 1. The van der Waals surface area contributed by atoms with E-state index >= 15 is 0 Å². The quantitative estimate of drug-likeness (QED) is 0.665. The van der Waals surface area contributed by atoms with Gasteiger partial charge in [0.1, 0.15) is 6.10 Å². The van der Waals surface area contributed by atoms with Gasteiger partial charge in [-0.25, -0.2) is 0 Å². The average molecular weight is 212 g/mol. The highest BCUT2D eigenvalue weighted by atomic mass is 16.5. The number of nitrogens with one attached hydrogen (secondary N) is 1. The number of carbonyl (C=O) groups is 1. The molecule has 2 aliphatic rings. The van der Waals surface area contributed by atoms with Crippen LogP contribution in [0, 0.1) is 5.92 Å². The predicted octanol–water partition coefficient (Wildman–Crippen LogP) is 0.233. The Bertz CT molecular complexity index is 219. The SMILES string of the molecule is CN1CCC(OC(=O)C2CCNC2)CC1. The molecule has 2 aliphatic heterocycles. The lowest BCUT2D eigenvalue weighted by molar-refractivity contribution is -0.155. The molecule has 1 atom stereocenters. The molecule has 0 spiro atoms. The van der Waals surface area contributed by atoms with Crippen LogP contribution in [0.5, 0.6) is 0 Å². The zero-order valence-corrected chi connectivity index (χ0v) is 9.37. The van der Waals surface area contributed by atoms with Crippen LogP contribution in [0.3, 0.4) is 0 Å². The van der Waals surface area contributed by atoms with E-state index < -0.39 is 0 Å². The lowest BCUT2D eigenvalue weighted by Crippen LogP contribution is -2.36. The van der Waals surface area contributed by atoms with Crippen molar-refractivity contribution in [2.45, 2.75) is 25.4 Å². The Labute approximate surface area is 91.0 Å². The standard InChI is InChI=1S/C11H20N2O2/c1-13-6-3-10(4-7-13)15-11(14)9-2-5-12-8-9/h9-10,12H,2-8H2,1H3. The number of piperidine rings is 1. The number of nitrogens with zero attached hydrogens (tertiary/aromatic N) is 1. The number of esters is 1. The van der Waals surface area contributed by atoms with Gasteiger partial charge in [0.05, 0.1) is 5.92 Å². The van der Waals surface area contributed by atoms with Gasteiger partial charge in [-0.1, -0.05) is 0 Å². The summed E-state index contributed by atoms with van der Waals surface area (Å²) in [6.45, 7) is 3.83. The molecule has 0 bridgehead atoms. The molecule has 0 aliphatic carbocycles. The highest BCUT2D eigenvalue weighted by molar-refractivity contribution is 5.73. The van der Waals surface area contributed by atoms with Crippen molar-refractivity contribution >= 4 is 5.97 Å².